The van der Waals surface area contributed by atoms with Crippen LogP contribution < -0.4 is 10.1 Å². The molecule has 1 aromatic heterocycles. The smallest absolute Gasteiger partial charge is 0.387 e. The highest BCUT2D eigenvalue weighted by Crippen LogP contribution is 2.23. The standard InChI is InChI=1S/C13H8ClF2N3O/c14-11-6-1-8(7-17)12(19-11)18-9-2-4-10(5-3-9)20-13(15)16/h1-6,13H,(H,18,19). The molecule has 1 N–H and O–H groups in total. The van der Waals surface area contributed by atoms with E-state index in [1.807, 2.05) is 6.07 Å². The van der Waals surface area contributed by atoms with E-state index in [0.29, 0.717) is 17.1 Å². The molecule has 0 aliphatic rings. The van der Waals surface area contributed by atoms with Crippen molar-refractivity contribution < 1.29 is 13.5 Å². The molecule has 0 spiro atoms. The van der Waals surface area contributed by atoms with Crippen LogP contribution in [-0.4, -0.2) is 11.6 Å². The van der Waals surface area contributed by atoms with Crippen LogP contribution in [-0.2, 0) is 0 Å². The summed E-state index contributed by atoms with van der Waals surface area (Å²) in [7, 11) is 0. The van der Waals surface area contributed by atoms with Gasteiger partial charge >= 0.3 is 6.61 Å². The number of alkyl halides is 2. The van der Waals surface area contributed by atoms with E-state index in [1.165, 1.54) is 36.4 Å². The molecule has 0 unspecified atom stereocenters. The minimum absolute atomic E-state index is 0.0464. The average molecular weight is 296 g/mol. The Balaban J connectivity index is 2.18. The van der Waals surface area contributed by atoms with Gasteiger partial charge in [-0.05, 0) is 36.4 Å². The van der Waals surface area contributed by atoms with Crippen LogP contribution in [0.5, 0.6) is 5.75 Å². The van der Waals surface area contributed by atoms with Gasteiger partial charge in [0.2, 0.25) is 0 Å². The Hall–Kier alpha value is -2.39. The van der Waals surface area contributed by atoms with Gasteiger partial charge in [0.05, 0.1) is 5.56 Å². The Morgan fingerprint density at radius 2 is 1.90 bits per heavy atom. The first-order valence-corrected chi connectivity index (χ1v) is 5.85. The summed E-state index contributed by atoms with van der Waals surface area (Å²) in [6.45, 7) is -2.87. The summed E-state index contributed by atoms with van der Waals surface area (Å²) in [5.41, 5.74) is 0.889. The fourth-order valence-electron chi connectivity index (χ4n) is 1.48. The van der Waals surface area contributed by atoms with Gasteiger partial charge in [-0.15, -0.1) is 0 Å². The first-order chi connectivity index (χ1) is 9.58. The highest BCUT2D eigenvalue weighted by molar-refractivity contribution is 6.29. The molecule has 0 aliphatic carbocycles. The third kappa shape index (κ3) is 3.56. The molecular formula is C13H8ClF2N3O. The summed E-state index contributed by atoms with van der Waals surface area (Å²) < 4.78 is 28.3. The van der Waals surface area contributed by atoms with Crippen molar-refractivity contribution in [3.8, 4) is 11.8 Å². The number of nitrogens with one attached hydrogen (secondary N) is 1. The van der Waals surface area contributed by atoms with Crippen LogP contribution in [0.15, 0.2) is 36.4 Å². The molecule has 0 saturated carbocycles. The molecule has 0 atom stereocenters. The van der Waals surface area contributed by atoms with Crippen molar-refractivity contribution in [1.82, 2.24) is 4.98 Å². The van der Waals surface area contributed by atoms with Crippen molar-refractivity contribution in [3.05, 3.63) is 47.1 Å². The lowest BCUT2D eigenvalue weighted by Gasteiger charge is -2.09. The van der Waals surface area contributed by atoms with E-state index in [2.05, 4.69) is 15.0 Å². The highest BCUT2D eigenvalue weighted by atomic mass is 35.5. The third-order valence-corrected chi connectivity index (χ3v) is 2.53. The van der Waals surface area contributed by atoms with E-state index in [4.69, 9.17) is 16.9 Å². The van der Waals surface area contributed by atoms with Crippen molar-refractivity contribution in [3.63, 3.8) is 0 Å². The minimum Gasteiger partial charge on any atom is -0.435 e. The SMILES string of the molecule is N#Cc1ccc(Cl)nc1Nc1ccc(OC(F)F)cc1. The van der Waals surface area contributed by atoms with Crippen molar-refractivity contribution in [2.24, 2.45) is 0 Å². The molecule has 20 heavy (non-hydrogen) atoms. The number of anilines is 2. The van der Waals surface area contributed by atoms with E-state index in [0.717, 1.165) is 0 Å². The molecule has 4 nitrogen and oxygen atoms in total. The van der Waals surface area contributed by atoms with Crippen LogP contribution in [0.4, 0.5) is 20.3 Å². The summed E-state index contributed by atoms with van der Waals surface area (Å²) in [6, 6.07) is 10.8. The molecule has 102 valence electrons. The third-order valence-electron chi connectivity index (χ3n) is 2.32. The molecule has 2 rings (SSSR count). The second-order valence-electron chi connectivity index (χ2n) is 3.67. The lowest BCUT2D eigenvalue weighted by molar-refractivity contribution is -0.0498. The Morgan fingerprint density at radius 3 is 2.50 bits per heavy atom. The zero-order valence-corrected chi connectivity index (χ0v) is 10.7. The fraction of sp³-hybridized carbons (Fsp3) is 0.0769. The molecule has 2 aromatic rings. The zero-order chi connectivity index (χ0) is 14.5. The Morgan fingerprint density at radius 1 is 1.20 bits per heavy atom. The number of rotatable bonds is 4. The van der Waals surface area contributed by atoms with Crippen LogP contribution in [0.2, 0.25) is 5.15 Å². The highest BCUT2D eigenvalue weighted by Gasteiger charge is 2.07. The zero-order valence-electron chi connectivity index (χ0n) is 9.98. The molecule has 0 radical (unpaired) electrons. The van der Waals surface area contributed by atoms with Gasteiger partial charge in [0.15, 0.2) is 0 Å². The maximum absolute atomic E-state index is 12.0. The lowest BCUT2D eigenvalue weighted by atomic mass is 10.2. The molecule has 0 fully saturated rings. The van der Waals surface area contributed by atoms with Crippen LogP contribution in [0.25, 0.3) is 0 Å². The number of hydrogen-bond acceptors (Lipinski definition) is 4. The Kier molecular flexibility index (Phi) is 4.33. The summed E-state index contributed by atoms with van der Waals surface area (Å²) in [4.78, 5) is 3.99. The molecule has 1 heterocycles. The monoisotopic (exact) mass is 295 g/mol. The molecule has 0 bridgehead atoms. The van der Waals surface area contributed by atoms with Gasteiger partial charge in [-0.1, -0.05) is 11.6 Å². The maximum atomic E-state index is 12.0. The number of halogens is 3. The number of nitriles is 1. The number of aromatic nitrogens is 1. The Bertz CT molecular complexity index is 641. The van der Waals surface area contributed by atoms with Crippen LogP contribution in [0.1, 0.15) is 5.56 Å². The quantitative estimate of drug-likeness (QED) is 0.868. The van der Waals surface area contributed by atoms with Gasteiger partial charge in [-0.2, -0.15) is 14.0 Å². The topological polar surface area (TPSA) is 57.9 Å². The molecule has 0 amide bonds. The van der Waals surface area contributed by atoms with Crippen molar-refractivity contribution in [1.29, 1.82) is 5.26 Å². The first-order valence-electron chi connectivity index (χ1n) is 5.47. The second-order valence-corrected chi connectivity index (χ2v) is 4.06. The van der Waals surface area contributed by atoms with Crippen LogP contribution in [0.3, 0.4) is 0 Å². The number of ether oxygens (including phenoxy) is 1. The van der Waals surface area contributed by atoms with Gasteiger partial charge in [-0.3, -0.25) is 0 Å². The number of benzene rings is 1. The first kappa shape index (κ1) is 14.0. The minimum atomic E-state index is -2.87. The fourth-order valence-corrected chi connectivity index (χ4v) is 1.62. The van der Waals surface area contributed by atoms with E-state index in [1.54, 1.807) is 0 Å². The number of hydrogen-bond donors (Lipinski definition) is 1. The van der Waals surface area contributed by atoms with Gasteiger partial charge in [0.1, 0.15) is 22.8 Å². The largest absolute Gasteiger partial charge is 0.435 e. The van der Waals surface area contributed by atoms with E-state index in [9.17, 15) is 8.78 Å². The van der Waals surface area contributed by atoms with Gasteiger partial charge in [0.25, 0.3) is 0 Å². The predicted octanol–water partition coefficient (Wildman–Crippen LogP) is 3.95. The summed E-state index contributed by atoms with van der Waals surface area (Å²) >= 11 is 5.76. The predicted molar refractivity (Wildman–Crippen MR) is 70.3 cm³/mol. The summed E-state index contributed by atoms with van der Waals surface area (Å²) in [6.07, 6.45) is 0. The van der Waals surface area contributed by atoms with E-state index >= 15 is 0 Å². The van der Waals surface area contributed by atoms with Crippen molar-refractivity contribution >= 4 is 23.1 Å². The van der Waals surface area contributed by atoms with Crippen LogP contribution in [0, 0.1) is 11.3 Å². The van der Waals surface area contributed by atoms with Gasteiger partial charge in [-0.25, -0.2) is 4.98 Å². The van der Waals surface area contributed by atoms with Gasteiger partial charge in [0, 0.05) is 5.69 Å². The van der Waals surface area contributed by atoms with Crippen molar-refractivity contribution in [2.45, 2.75) is 6.61 Å². The molecule has 0 aliphatic heterocycles. The summed E-state index contributed by atoms with van der Waals surface area (Å²) in [5, 5.41) is 12.1. The van der Waals surface area contributed by atoms with Crippen molar-refractivity contribution in [2.75, 3.05) is 5.32 Å². The number of pyridine rings is 1. The Labute approximate surface area is 118 Å². The van der Waals surface area contributed by atoms with Gasteiger partial charge < -0.3 is 10.1 Å². The lowest BCUT2D eigenvalue weighted by Crippen LogP contribution is -2.02. The number of nitrogens with zero attached hydrogens (tertiary/aromatic N) is 2. The molecule has 1 aromatic carbocycles. The normalized spacial score (nSPS) is 10.2. The maximum Gasteiger partial charge on any atom is 0.387 e. The van der Waals surface area contributed by atoms with E-state index in [-0.39, 0.29) is 10.9 Å². The van der Waals surface area contributed by atoms with E-state index < -0.39 is 6.61 Å². The molecular weight excluding hydrogens is 288 g/mol. The second kappa shape index (κ2) is 6.17. The molecule has 0 saturated heterocycles. The summed E-state index contributed by atoms with van der Waals surface area (Å²) in [5.74, 6) is 0.340. The van der Waals surface area contributed by atoms with Crippen LogP contribution >= 0.6 is 11.6 Å². The average Bonchev–Trinajstić information content (AvgIpc) is 2.41. The molecule has 7 heteroatoms.